The van der Waals surface area contributed by atoms with Crippen molar-refractivity contribution in [1.82, 2.24) is 9.88 Å². The highest BCUT2D eigenvalue weighted by atomic mass is 32.2. The van der Waals surface area contributed by atoms with Gasteiger partial charge >= 0.3 is 0 Å². The Kier molecular flexibility index (Phi) is 4.65. The average molecular weight is 265 g/mol. The zero-order valence-electron chi connectivity index (χ0n) is 11.5. The third kappa shape index (κ3) is 3.25. The van der Waals surface area contributed by atoms with Crippen LogP contribution in [0.2, 0.25) is 0 Å². The van der Waals surface area contributed by atoms with E-state index in [-0.39, 0.29) is 0 Å². The summed E-state index contributed by atoms with van der Waals surface area (Å²) in [7, 11) is 0. The second kappa shape index (κ2) is 6.04. The van der Waals surface area contributed by atoms with Gasteiger partial charge in [0.25, 0.3) is 0 Å². The van der Waals surface area contributed by atoms with Crippen molar-refractivity contribution in [1.29, 1.82) is 0 Å². The minimum Gasteiger partial charge on any atom is -0.329 e. The molecule has 100 valence electrons. The van der Waals surface area contributed by atoms with E-state index in [2.05, 4.69) is 47.6 Å². The second-order valence-electron chi connectivity index (χ2n) is 5.20. The fourth-order valence-electron chi connectivity index (χ4n) is 2.64. The lowest BCUT2D eigenvalue weighted by molar-refractivity contribution is 0.199. The number of aryl methyl sites for hydroxylation is 1. The Bertz CT molecular complexity index is 369. The third-order valence-electron chi connectivity index (χ3n) is 3.43. The molecule has 3 unspecified atom stereocenters. The molecular formula is C14H23N3S. The Morgan fingerprint density at radius 2 is 2.06 bits per heavy atom. The van der Waals surface area contributed by atoms with Crippen LogP contribution in [0, 0.1) is 6.92 Å². The van der Waals surface area contributed by atoms with Crippen LogP contribution in [0.1, 0.15) is 31.1 Å². The van der Waals surface area contributed by atoms with E-state index in [1.807, 2.05) is 13.1 Å². The van der Waals surface area contributed by atoms with Crippen LogP contribution in [0.4, 0.5) is 0 Å². The number of aromatic nitrogens is 1. The molecule has 0 radical (unpaired) electrons. The molecule has 1 saturated heterocycles. The van der Waals surface area contributed by atoms with Crippen molar-refractivity contribution < 1.29 is 0 Å². The quantitative estimate of drug-likeness (QED) is 0.910. The Morgan fingerprint density at radius 3 is 2.56 bits per heavy atom. The molecule has 1 aliphatic heterocycles. The van der Waals surface area contributed by atoms with E-state index in [0.29, 0.717) is 23.1 Å². The van der Waals surface area contributed by atoms with Gasteiger partial charge < -0.3 is 5.73 Å². The monoisotopic (exact) mass is 265 g/mol. The molecule has 0 aliphatic carbocycles. The molecular weight excluding hydrogens is 242 g/mol. The van der Waals surface area contributed by atoms with Gasteiger partial charge in [0, 0.05) is 48.1 Å². The number of pyridine rings is 1. The molecule has 0 spiro atoms. The third-order valence-corrected chi connectivity index (χ3v) is 4.66. The maximum atomic E-state index is 5.99. The van der Waals surface area contributed by atoms with E-state index >= 15 is 0 Å². The highest BCUT2D eigenvalue weighted by Gasteiger charge is 2.28. The van der Waals surface area contributed by atoms with Crippen LogP contribution in [0.3, 0.4) is 0 Å². The first kappa shape index (κ1) is 13.8. The minimum atomic E-state index is 0.309. The molecule has 1 fully saturated rings. The number of nitrogens with zero attached hydrogens (tertiary/aromatic N) is 2. The minimum absolute atomic E-state index is 0.309. The summed E-state index contributed by atoms with van der Waals surface area (Å²) in [6, 6.07) is 4.55. The Labute approximate surface area is 114 Å². The summed E-state index contributed by atoms with van der Waals surface area (Å²) in [6.45, 7) is 9.51. The molecule has 3 nitrogen and oxygen atoms in total. The summed E-state index contributed by atoms with van der Waals surface area (Å²) in [4.78, 5) is 6.91. The number of hydrogen-bond donors (Lipinski definition) is 1. The highest BCUT2D eigenvalue weighted by molar-refractivity contribution is 8.00. The van der Waals surface area contributed by atoms with Gasteiger partial charge in [-0.2, -0.15) is 11.8 Å². The topological polar surface area (TPSA) is 42.1 Å². The smallest absolute Gasteiger partial charge is 0.0486 e. The molecule has 18 heavy (non-hydrogen) atoms. The molecule has 0 saturated carbocycles. The predicted octanol–water partition coefficient (Wildman–Crippen LogP) is 2.22. The molecule has 0 bridgehead atoms. The number of hydrogen-bond acceptors (Lipinski definition) is 4. The van der Waals surface area contributed by atoms with Crippen molar-refractivity contribution in [2.45, 2.75) is 37.3 Å². The van der Waals surface area contributed by atoms with Gasteiger partial charge in [-0.05, 0) is 18.6 Å². The first-order valence-electron chi connectivity index (χ1n) is 6.62. The van der Waals surface area contributed by atoms with Crippen LogP contribution in [-0.4, -0.2) is 40.0 Å². The Hall–Kier alpha value is -0.580. The molecule has 2 rings (SSSR count). The fourth-order valence-corrected chi connectivity index (χ4v) is 3.99. The zero-order chi connectivity index (χ0) is 13.1. The van der Waals surface area contributed by atoms with Gasteiger partial charge in [-0.25, -0.2) is 0 Å². The van der Waals surface area contributed by atoms with Crippen molar-refractivity contribution in [3.8, 4) is 0 Å². The SMILES string of the molecule is Cc1ccc(C(CN)N2CC(C)SC(C)C2)cn1. The molecule has 1 aliphatic rings. The van der Waals surface area contributed by atoms with Crippen molar-refractivity contribution in [3.63, 3.8) is 0 Å². The van der Waals surface area contributed by atoms with Crippen molar-refractivity contribution in [2.24, 2.45) is 5.73 Å². The van der Waals surface area contributed by atoms with Crippen molar-refractivity contribution >= 4 is 11.8 Å². The summed E-state index contributed by atoms with van der Waals surface area (Å²) in [6.07, 6.45) is 1.98. The second-order valence-corrected chi connectivity index (χ2v) is 7.08. The summed E-state index contributed by atoms with van der Waals surface area (Å²) < 4.78 is 0. The van der Waals surface area contributed by atoms with Gasteiger partial charge in [0.1, 0.15) is 0 Å². The standard InChI is InChI=1S/C14H23N3S/c1-10-4-5-13(7-16-10)14(6-15)17-8-11(2)18-12(3)9-17/h4-5,7,11-12,14H,6,8-9,15H2,1-3H3. The molecule has 2 heterocycles. The molecule has 3 atom stereocenters. The van der Waals surface area contributed by atoms with Gasteiger partial charge in [-0.15, -0.1) is 0 Å². The Morgan fingerprint density at radius 1 is 1.39 bits per heavy atom. The molecule has 1 aromatic rings. The predicted molar refractivity (Wildman–Crippen MR) is 78.9 cm³/mol. The van der Waals surface area contributed by atoms with Crippen LogP contribution in [-0.2, 0) is 0 Å². The van der Waals surface area contributed by atoms with Crippen LogP contribution in [0.15, 0.2) is 18.3 Å². The normalized spacial score (nSPS) is 27.1. The molecule has 2 N–H and O–H groups in total. The molecule has 1 aromatic heterocycles. The van der Waals surface area contributed by atoms with Crippen LogP contribution >= 0.6 is 11.8 Å². The van der Waals surface area contributed by atoms with E-state index in [1.54, 1.807) is 0 Å². The largest absolute Gasteiger partial charge is 0.329 e. The van der Waals surface area contributed by atoms with Gasteiger partial charge in [-0.1, -0.05) is 19.9 Å². The summed E-state index contributed by atoms with van der Waals surface area (Å²) in [5, 5.41) is 1.36. The summed E-state index contributed by atoms with van der Waals surface area (Å²) in [5.41, 5.74) is 8.29. The summed E-state index contributed by atoms with van der Waals surface area (Å²) in [5.74, 6) is 0. The van der Waals surface area contributed by atoms with E-state index in [4.69, 9.17) is 5.73 Å². The zero-order valence-corrected chi connectivity index (χ0v) is 12.3. The van der Waals surface area contributed by atoms with E-state index < -0.39 is 0 Å². The number of thioether (sulfide) groups is 1. The highest BCUT2D eigenvalue weighted by Crippen LogP contribution is 2.30. The van der Waals surface area contributed by atoms with Crippen LogP contribution in [0.5, 0.6) is 0 Å². The lowest BCUT2D eigenvalue weighted by Crippen LogP contribution is -2.44. The average Bonchev–Trinajstić information content (AvgIpc) is 2.31. The van der Waals surface area contributed by atoms with E-state index in [9.17, 15) is 0 Å². The number of rotatable bonds is 3. The van der Waals surface area contributed by atoms with Gasteiger partial charge in [0.15, 0.2) is 0 Å². The van der Waals surface area contributed by atoms with E-state index in [0.717, 1.165) is 18.8 Å². The molecule has 0 amide bonds. The van der Waals surface area contributed by atoms with Gasteiger partial charge in [0.2, 0.25) is 0 Å². The maximum Gasteiger partial charge on any atom is 0.0486 e. The number of nitrogens with two attached hydrogens (primary N) is 1. The Balaban J connectivity index is 2.14. The molecule has 4 heteroatoms. The first-order valence-corrected chi connectivity index (χ1v) is 7.56. The maximum absolute atomic E-state index is 5.99. The van der Waals surface area contributed by atoms with Gasteiger partial charge in [0.05, 0.1) is 0 Å². The lowest BCUT2D eigenvalue weighted by Gasteiger charge is -2.39. The molecule has 0 aromatic carbocycles. The van der Waals surface area contributed by atoms with Crippen LogP contribution < -0.4 is 5.73 Å². The fraction of sp³-hybridized carbons (Fsp3) is 0.643. The van der Waals surface area contributed by atoms with Crippen molar-refractivity contribution in [2.75, 3.05) is 19.6 Å². The van der Waals surface area contributed by atoms with E-state index in [1.165, 1.54) is 5.56 Å². The summed E-state index contributed by atoms with van der Waals surface area (Å²) >= 11 is 2.07. The lowest BCUT2D eigenvalue weighted by atomic mass is 10.1. The van der Waals surface area contributed by atoms with Crippen molar-refractivity contribution in [3.05, 3.63) is 29.6 Å². The first-order chi connectivity index (χ1) is 8.60. The van der Waals surface area contributed by atoms with Crippen LogP contribution in [0.25, 0.3) is 0 Å². The van der Waals surface area contributed by atoms with Gasteiger partial charge in [-0.3, -0.25) is 9.88 Å².